The third kappa shape index (κ3) is 4.90. The van der Waals surface area contributed by atoms with Crippen molar-refractivity contribution < 1.29 is 0 Å². The lowest BCUT2D eigenvalue weighted by Crippen LogP contribution is -2.10. The van der Waals surface area contributed by atoms with Gasteiger partial charge in [0.05, 0.1) is 0 Å². The molecule has 0 unspecified atom stereocenters. The predicted octanol–water partition coefficient (Wildman–Crippen LogP) is 8.14. The first kappa shape index (κ1) is 19.8. The highest BCUT2D eigenvalue weighted by molar-refractivity contribution is 5.63. The average molecular weight is 384 g/mol. The maximum Gasteiger partial charge on any atom is 0.0400 e. The first-order valence-electron chi connectivity index (χ1n) is 11.2. The van der Waals surface area contributed by atoms with E-state index in [1.54, 1.807) is 0 Å². The van der Waals surface area contributed by atoms with Gasteiger partial charge in [0.25, 0.3) is 0 Å². The Balaban J connectivity index is 1.50. The molecule has 1 aliphatic rings. The van der Waals surface area contributed by atoms with Gasteiger partial charge in [-0.3, -0.25) is 0 Å². The molecule has 1 fully saturated rings. The lowest BCUT2D eigenvalue weighted by Gasteiger charge is -2.26. The SMILES string of the molecule is CC(C)c1ccc(NCc2ccc(-c3ccccc3)cc2)c(C2CCCCC2)c1. The van der Waals surface area contributed by atoms with E-state index in [0.717, 1.165) is 6.54 Å². The van der Waals surface area contributed by atoms with Gasteiger partial charge < -0.3 is 5.32 Å². The Bertz CT molecular complexity index is 903. The van der Waals surface area contributed by atoms with Crippen LogP contribution in [0.1, 0.15) is 74.5 Å². The van der Waals surface area contributed by atoms with Crippen LogP contribution in [0.5, 0.6) is 0 Å². The Labute approximate surface area is 176 Å². The monoisotopic (exact) mass is 383 g/mol. The standard InChI is InChI=1S/C28H33N/c1-21(2)26-17-18-28(27(19-26)25-11-7-4-8-12-25)29-20-22-13-15-24(16-14-22)23-9-5-3-6-10-23/h3,5-6,9-10,13-19,21,25,29H,4,7-8,11-12,20H2,1-2H3. The van der Waals surface area contributed by atoms with Crippen molar-refractivity contribution in [1.82, 2.24) is 0 Å². The number of nitrogens with one attached hydrogen (secondary N) is 1. The van der Waals surface area contributed by atoms with Gasteiger partial charge in [0.15, 0.2) is 0 Å². The largest absolute Gasteiger partial charge is 0.381 e. The van der Waals surface area contributed by atoms with Crippen LogP contribution in [0.3, 0.4) is 0 Å². The van der Waals surface area contributed by atoms with Crippen molar-refractivity contribution in [3.05, 3.63) is 89.5 Å². The zero-order valence-electron chi connectivity index (χ0n) is 17.8. The Morgan fingerprint density at radius 1 is 0.793 bits per heavy atom. The summed E-state index contributed by atoms with van der Waals surface area (Å²) in [4.78, 5) is 0. The smallest absolute Gasteiger partial charge is 0.0400 e. The number of rotatable bonds is 6. The summed E-state index contributed by atoms with van der Waals surface area (Å²) in [6, 6.07) is 26.6. The minimum Gasteiger partial charge on any atom is -0.381 e. The molecule has 0 heterocycles. The summed E-state index contributed by atoms with van der Waals surface area (Å²) in [5.41, 5.74) is 8.20. The minimum absolute atomic E-state index is 0.580. The van der Waals surface area contributed by atoms with E-state index in [1.807, 2.05) is 0 Å². The number of benzene rings is 3. The zero-order chi connectivity index (χ0) is 20.1. The molecule has 1 aliphatic carbocycles. The first-order valence-corrected chi connectivity index (χ1v) is 11.2. The highest BCUT2D eigenvalue weighted by atomic mass is 14.9. The Morgan fingerprint density at radius 2 is 1.48 bits per heavy atom. The topological polar surface area (TPSA) is 12.0 Å². The molecule has 1 heteroatoms. The van der Waals surface area contributed by atoms with E-state index in [0.29, 0.717) is 11.8 Å². The summed E-state index contributed by atoms with van der Waals surface area (Å²) in [6.07, 6.45) is 6.81. The van der Waals surface area contributed by atoms with E-state index in [1.165, 1.54) is 65.6 Å². The molecule has 0 aliphatic heterocycles. The summed E-state index contributed by atoms with van der Waals surface area (Å²) in [7, 11) is 0. The Hall–Kier alpha value is -2.54. The van der Waals surface area contributed by atoms with Gasteiger partial charge in [0.2, 0.25) is 0 Å². The summed E-state index contributed by atoms with van der Waals surface area (Å²) < 4.78 is 0. The van der Waals surface area contributed by atoms with Gasteiger partial charge in [0, 0.05) is 12.2 Å². The van der Waals surface area contributed by atoms with Gasteiger partial charge in [-0.1, -0.05) is 99.8 Å². The van der Waals surface area contributed by atoms with Gasteiger partial charge in [-0.25, -0.2) is 0 Å². The maximum absolute atomic E-state index is 3.75. The maximum atomic E-state index is 3.75. The molecule has 29 heavy (non-hydrogen) atoms. The van der Waals surface area contributed by atoms with Crippen LogP contribution in [-0.2, 0) is 6.54 Å². The van der Waals surface area contributed by atoms with E-state index < -0.39 is 0 Å². The van der Waals surface area contributed by atoms with Crippen molar-refractivity contribution in [3.63, 3.8) is 0 Å². The fourth-order valence-electron chi connectivity index (χ4n) is 4.50. The van der Waals surface area contributed by atoms with Crippen LogP contribution in [0, 0.1) is 0 Å². The molecular formula is C28H33N. The normalized spacial score (nSPS) is 14.9. The molecule has 0 radical (unpaired) electrons. The second kappa shape index (κ2) is 9.31. The third-order valence-corrected chi connectivity index (χ3v) is 6.33. The first-order chi connectivity index (χ1) is 14.2. The van der Waals surface area contributed by atoms with Crippen molar-refractivity contribution in [2.45, 2.75) is 64.3 Å². The molecule has 1 saturated carbocycles. The van der Waals surface area contributed by atoms with Crippen LogP contribution >= 0.6 is 0 Å². The summed E-state index contributed by atoms with van der Waals surface area (Å²) in [5.74, 6) is 1.29. The van der Waals surface area contributed by atoms with Crippen molar-refractivity contribution in [3.8, 4) is 11.1 Å². The van der Waals surface area contributed by atoms with Crippen molar-refractivity contribution in [2.75, 3.05) is 5.32 Å². The molecule has 0 atom stereocenters. The van der Waals surface area contributed by atoms with Crippen molar-refractivity contribution in [2.24, 2.45) is 0 Å². The lowest BCUT2D eigenvalue weighted by atomic mass is 9.82. The van der Waals surface area contributed by atoms with Gasteiger partial charge in [-0.15, -0.1) is 0 Å². The molecule has 0 saturated heterocycles. The van der Waals surface area contributed by atoms with E-state index >= 15 is 0 Å². The summed E-state index contributed by atoms with van der Waals surface area (Å²) in [6.45, 7) is 5.46. The Kier molecular flexibility index (Phi) is 6.34. The minimum atomic E-state index is 0.580. The van der Waals surface area contributed by atoms with E-state index in [2.05, 4.69) is 92.0 Å². The van der Waals surface area contributed by atoms with Crippen LogP contribution < -0.4 is 5.32 Å². The highest BCUT2D eigenvalue weighted by Crippen LogP contribution is 2.38. The van der Waals surface area contributed by atoms with E-state index in [9.17, 15) is 0 Å². The molecule has 3 aromatic carbocycles. The lowest BCUT2D eigenvalue weighted by molar-refractivity contribution is 0.444. The molecule has 0 spiro atoms. The fourth-order valence-corrected chi connectivity index (χ4v) is 4.50. The molecule has 1 N–H and O–H groups in total. The number of hydrogen-bond acceptors (Lipinski definition) is 1. The summed E-state index contributed by atoms with van der Waals surface area (Å²) >= 11 is 0. The number of hydrogen-bond donors (Lipinski definition) is 1. The predicted molar refractivity (Wildman–Crippen MR) is 126 cm³/mol. The van der Waals surface area contributed by atoms with Crippen LogP contribution in [0.2, 0.25) is 0 Å². The van der Waals surface area contributed by atoms with Crippen LogP contribution in [-0.4, -0.2) is 0 Å². The fraction of sp³-hybridized carbons (Fsp3) is 0.357. The van der Waals surface area contributed by atoms with E-state index in [-0.39, 0.29) is 0 Å². The van der Waals surface area contributed by atoms with Crippen molar-refractivity contribution >= 4 is 5.69 Å². The van der Waals surface area contributed by atoms with Crippen molar-refractivity contribution in [1.29, 1.82) is 0 Å². The summed E-state index contributed by atoms with van der Waals surface area (Å²) in [5, 5.41) is 3.75. The van der Waals surface area contributed by atoms with Gasteiger partial charge >= 0.3 is 0 Å². The van der Waals surface area contributed by atoms with Crippen LogP contribution in [0.25, 0.3) is 11.1 Å². The number of anilines is 1. The van der Waals surface area contributed by atoms with Crippen LogP contribution in [0.4, 0.5) is 5.69 Å². The van der Waals surface area contributed by atoms with Gasteiger partial charge in [-0.2, -0.15) is 0 Å². The molecular weight excluding hydrogens is 350 g/mol. The molecule has 1 nitrogen and oxygen atoms in total. The second-order valence-electron chi connectivity index (χ2n) is 8.75. The average Bonchev–Trinajstić information content (AvgIpc) is 2.79. The molecule has 0 aromatic heterocycles. The molecule has 0 bridgehead atoms. The highest BCUT2D eigenvalue weighted by Gasteiger charge is 2.19. The van der Waals surface area contributed by atoms with E-state index in [4.69, 9.17) is 0 Å². The van der Waals surface area contributed by atoms with Gasteiger partial charge in [0.1, 0.15) is 0 Å². The molecule has 4 rings (SSSR count). The molecule has 0 amide bonds. The second-order valence-corrected chi connectivity index (χ2v) is 8.75. The third-order valence-electron chi connectivity index (χ3n) is 6.33. The molecule has 150 valence electrons. The Morgan fingerprint density at radius 3 is 2.17 bits per heavy atom. The van der Waals surface area contributed by atoms with Crippen LogP contribution in [0.15, 0.2) is 72.8 Å². The quantitative estimate of drug-likeness (QED) is 0.453. The van der Waals surface area contributed by atoms with Gasteiger partial charge in [-0.05, 0) is 58.6 Å². The zero-order valence-corrected chi connectivity index (χ0v) is 17.8. The molecule has 3 aromatic rings.